The SMILES string of the molecule is Sc1ccccc1Cc1cncc2[nH]c3ncc(Nc4ccc(N5CCNCC5)cn4)cc3c12. The maximum absolute atomic E-state index is 4.67. The molecule has 0 spiro atoms. The molecule has 1 fully saturated rings. The summed E-state index contributed by atoms with van der Waals surface area (Å²) in [6, 6.07) is 14.4. The van der Waals surface area contributed by atoms with Gasteiger partial charge in [-0.3, -0.25) is 4.98 Å². The smallest absolute Gasteiger partial charge is 0.138 e. The summed E-state index contributed by atoms with van der Waals surface area (Å²) >= 11 is 4.63. The number of H-pyrrole nitrogens is 1. The topological polar surface area (TPSA) is 81.8 Å². The third-order valence-corrected chi connectivity index (χ3v) is 6.75. The second-order valence-electron chi connectivity index (χ2n) is 8.54. The van der Waals surface area contributed by atoms with Gasteiger partial charge < -0.3 is 20.5 Å². The highest BCUT2D eigenvalue weighted by Gasteiger charge is 2.14. The monoisotopic (exact) mass is 467 g/mol. The molecule has 7 nitrogen and oxygen atoms in total. The minimum atomic E-state index is 0.754. The van der Waals surface area contributed by atoms with Crippen molar-refractivity contribution in [3.8, 4) is 0 Å². The molecule has 0 radical (unpaired) electrons. The van der Waals surface area contributed by atoms with Crippen LogP contribution in [0, 0.1) is 0 Å². The molecule has 5 heterocycles. The molecule has 6 rings (SSSR count). The van der Waals surface area contributed by atoms with Crippen molar-refractivity contribution < 1.29 is 0 Å². The van der Waals surface area contributed by atoms with Crippen LogP contribution in [0.15, 0.2) is 72.1 Å². The Morgan fingerprint density at radius 3 is 2.65 bits per heavy atom. The summed E-state index contributed by atoms with van der Waals surface area (Å²) in [6.07, 6.45) is 8.32. The highest BCUT2D eigenvalue weighted by Crippen LogP contribution is 2.31. The van der Waals surface area contributed by atoms with Gasteiger partial charge >= 0.3 is 0 Å². The summed E-state index contributed by atoms with van der Waals surface area (Å²) < 4.78 is 0. The van der Waals surface area contributed by atoms with Crippen LogP contribution in [0.4, 0.5) is 17.2 Å². The van der Waals surface area contributed by atoms with Gasteiger partial charge in [-0.15, -0.1) is 12.6 Å². The molecule has 3 N–H and O–H groups in total. The molecule has 0 aliphatic carbocycles. The Bertz CT molecular complexity index is 1460. The zero-order valence-corrected chi connectivity index (χ0v) is 19.5. The number of anilines is 3. The molecule has 1 saturated heterocycles. The molecule has 5 aromatic rings. The van der Waals surface area contributed by atoms with Crippen molar-refractivity contribution in [3.63, 3.8) is 0 Å². The zero-order chi connectivity index (χ0) is 22.9. The first kappa shape index (κ1) is 20.9. The Balaban J connectivity index is 1.31. The molecule has 34 heavy (non-hydrogen) atoms. The van der Waals surface area contributed by atoms with E-state index in [1.807, 2.05) is 49.1 Å². The van der Waals surface area contributed by atoms with Gasteiger partial charge in [-0.2, -0.15) is 0 Å². The lowest BCUT2D eigenvalue weighted by Crippen LogP contribution is -2.43. The molecule has 1 aromatic carbocycles. The molecule has 8 heteroatoms. The minimum absolute atomic E-state index is 0.754. The van der Waals surface area contributed by atoms with Crippen molar-refractivity contribution >= 4 is 51.8 Å². The molecular formula is C26H25N7S. The van der Waals surface area contributed by atoms with E-state index in [4.69, 9.17) is 0 Å². The zero-order valence-electron chi connectivity index (χ0n) is 18.6. The lowest BCUT2D eigenvalue weighted by Gasteiger charge is -2.29. The molecule has 0 atom stereocenters. The third kappa shape index (κ3) is 4.06. The third-order valence-electron chi connectivity index (χ3n) is 6.31. The fraction of sp³-hybridized carbons (Fsp3) is 0.192. The van der Waals surface area contributed by atoms with E-state index in [1.165, 1.54) is 5.56 Å². The molecule has 0 saturated carbocycles. The first-order valence-corrected chi connectivity index (χ1v) is 11.9. The van der Waals surface area contributed by atoms with E-state index >= 15 is 0 Å². The van der Waals surface area contributed by atoms with Crippen LogP contribution in [0.5, 0.6) is 0 Å². The number of hydrogen-bond donors (Lipinski definition) is 4. The van der Waals surface area contributed by atoms with Crippen LogP contribution >= 0.6 is 12.6 Å². The first-order chi connectivity index (χ1) is 16.7. The maximum Gasteiger partial charge on any atom is 0.138 e. The Labute approximate surface area is 203 Å². The molecule has 0 bridgehead atoms. The van der Waals surface area contributed by atoms with Gasteiger partial charge in [0.1, 0.15) is 11.5 Å². The van der Waals surface area contributed by atoms with Gasteiger partial charge in [-0.25, -0.2) is 9.97 Å². The van der Waals surface area contributed by atoms with Crippen molar-refractivity contribution in [1.82, 2.24) is 25.3 Å². The van der Waals surface area contributed by atoms with Crippen LogP contribution < -0.4 is 15.5 Å². The van der Waals surface area contributed by atoms with E-state index in [9.17, 15) is 0 Å². The average molecular weight is 468 g/mol. The predicted molar refractivity (Wildman–Crippen MR) is 140 cm³/mol. The summed E-state index contributed by atoms with van der Waals surface area (Å²) in [5, 5.41) is 8.99. The number of fused-ring (bicyclic) bond motifs is 3. The molecule has 0 unspecified atom stereocenters. The van der Waals surface area contributed by atoms with Gasteiger partial charge in [-0.05, 0) is 35.4 Å². The number of pyridine rings is 3. The van der Waals surface area contributed by atoms with Gasteiger partial charge in [0.15, 0.2) is 0 Å². The highest BCUT2D eigenvalue weighted by atomic mass is 32.1. The summed E-state index contributed by atoms with van der Waals surface area (Å²) in [5.41, 5.74) is 6.18. The number of hydrogen-bond acceptors (Lipinski definition) is 7. The van der Waals surface area contributed by atoms with Gasteiger partial charge in [0.2, 0.25) is 0 Å². The van der Waals surface area contributed by atoms with Crippen LogP contribution in [0.25, 0.3) is 21.9 Å². The summed E-state index contributed by atoms with van der Waals surface area (Å²) in [7, 11) is 0. The van der Waals surface area contributed by atoms with Crippen molar-refractivity contribution in [3.05, 3.63) is 78.4 Å². The standard InChI is InChI=1S/C26H25N7S/c34-23-4-2-1-3-17(23)11-18-13-28-16-22-25(18)21-12-19(14-30-26(21)32-22)31-24-6-5-20(15-29-24)33-9-7-27-8-10-33/h1-6,12-16,27,34H,7-11H2,(H,29,31)(H,30,32). The molecule has 4 aromatic heterocycles. The molecule has 1 aliphatic rings. The number of nitrogens with zero attached hydrogens (tertiary/aromatic N) is 4. The van der Waals surface area contributed by atoms with Crippen molar-refractivity contribution in [2.24, 2.45) is 0 Å². The quantitative estimate of drug-likeness (QED) is 0.284. The van der Waals surface area contributed by atoms with Gasteiger partial charge in [-0.1, -0.05) is 18.2 Å². The number of aromatic amines is 1. The summed E-state index contributed by atoms with van der Waals surface area (Å²) in [4.78, 5) is 20.5. The van der Waals surface area contributed by atoms with Gasteiger partial charge in [0, 0.05) is 54.5 Å². The Morgan fingerprint density at radius 1 is 0.941 bits per heavy atom. The number of aromatic nitrogens is 4. The van der Waals surface area contributed by atoms with Crippen LogP contribution in [0.1, 0.15) is 11.1 Å². The van der Waals surface area contributed by atoms with E-state index in [-0.39, 0.29) is 0 Å². The van der Waals surface area contributed by atoms with E-state index in [2.05, 4.69) is 66.3 Å². The van der Waals surface area contributed by atoms with Crippen molar-refractivity contribution in [1.29, 1.82) is 0 Å². The van der Waals surface area contributed by atoms with Gasteiger partial charge in [0.05, 0.1) is 35.5 Å². The lowest BCUT2D eigenvalue weighted by atomic mass is 10.0. The molecule has 1 aliphatic heterocycles. The summed E-state index contributed by atoms with van der Waals surface area (Å²) in [5.74, 6) is 0.797. The second kappa shape index (κ2) is 8.96. The van der Waals surface area contributed by atoms with Crippen LogP contribution in [0.3, 0.4) is 0 Å². The Morgan fingerprint density at radius 2 is 1.82 bits per heavy atom. The van der Waals surface area contributed by atoms with E-state index in [0.717, 1.165) is 82.2 Å². The van der Waals surface area contributed by atoms with Crippen LogP contribution in [-0.4, -0.2) is 46.1 Å². The normalized spacial score (nSPS) is 14.1. The van der Waals surface area contributed by atoms with Crippen LogP contribution in [0.2, 0.25) is 0 Å². The first-order valence-electron chi connectivity index (χ1n) is 11.4. The highest BCUT2D eigenvalue weighted by molar-refractivity contribution is 7.80. The Kier molecular flexibility index (Phi) is 5.52. The molecule has 170 valence electrons. The summed E-state index contributed by atoms with van der Waals surface area (Å²) in [6.45, 7) is 4.02. The fourth-order valence-electron chi connectivity index (χ4n) is 4.59. The second-order valence-corrected chi connectivity index (χ2v) is 9.02. The van der Waals surface area contributed by atoms with E-state index in [1.54, 1.807) is 0 Å². The largest absolute Gasteiger partial charge is 0.368 e. The number of thiol groups is 1. The minimum Gasteiger partial charge on any atom is -0.368 e. The number of piperazine rings is 1. The van der Waals surface area contributed by atoms with Crippen molar-refractivity contribution in [2.75, 3.05) is 36.4 Å². The van der Waals surface area contributed by atoms with Gasteiger partial charge in [0.25, 0.3) is 0 Å². The average Bonchev–Trinajstić information content (AvgIpc) is 3.25. The molecular weight excluding hydrogens is 442 g/mol. The number of nitrogens with one attached hydrogen (secondary N) is 3. The number of rotatable bonds is 5. The predicted octanol–water partition coefficient (Wildman–Crippen LogP) is 4.54. The van der Waals surface area contributed by atoms with Crippen molar-refractivity contribution in [2.45, 2.75) is 11.3 Å². The van der Waals surface area contributed by atoms with E-state index in [0.29, 0.717) is 0 Å². The van der Waals surface area contributed by atoms with E-state index < -0.39 is 0 Å². The number of benzene rings is 1. The maximum atomic E-state index is 4.67. The fourth-order valence-corrected chi connectivity index (χ4v) is 4.82. The van der Waals surface area contributed by atoms with Crippen LogP contribution in [-0.2, 0) is 6.42 Å². The molecule has 0 amide bonds. The Hall–Kier alpha value is -3.62. The lowest BCUT2D eigenvalue weighted by molar-refractivity contribution is 0.589.